The fourth-order valence-electron chi connectivity index (χ4n) is 2.69. The number of rotatable bonds is 3. The van der Waals surface area contributed by atoms with Crippen molar-refractivity contribution in [1.82, 2.24) is 5.43 Å². The van der Waals surface area contributed by atoms with Crippen molar-refractivity contribution in [3.8, 4) is 0 Å². The van der Waals surface area contributed by atoms with E-state index in [2.05, 4.69) is 42.7 Å². The molecule has 2 nitrogen and oxygen atoms in total. The minimum atomic E-state index is 0.125. The molecule has 1 atom stereocenters. The van der Waals surface area contributed by atoms with Crippen LogP contribution < -0.4 is 11.3 Å². The summed E-state index contributed by atoms with van der Waals surface area (Å²) in [5.74, 6) is 5.76. The van der Waals surface area contributed by atoms with E-state index in [-0.39, 0.29) is 6.04 Å². The molecule has 1 aliphatic carbocycles. The summed E-state index contributed by atoms with van der Waals surface area (Å²) in [6.07, 6.45) is 3.79. The van der Waals surface area contributed by atoms with E-state index in [1.807, 2.05) is 11.3 Å². The highest BCUT2D eigenvalue weighted by atomic mass is 32.1. The highest BCUT2D eigenvalue weighted by Gasteiger charge is 2.20. The Morgan fingerprint density at radius 3 is 2.89 bits per heavy atom. The zero-order valence-electron chi connectivity index (χ0n) is 10.6. The minimum Gasteiger partial charge on any atom is -0.271 e. The van der Waals surface area contributed by atoms with Crippen LogP contribution in [0.2, 0.25) is 0 Å². The van der Waals surface area contributed by atoms with Gasteiger partial charge in [0.2, 0.25) is 0 Å². The monoisotopic (exact) mass is 258 g/mol. The molecular formula is C15H18N2S. The van der Waals surface area contributed by atoms with Crippen LogP contribution in [0, 0.1) is 6.92 Å². The van der Waals surface area contributed by atoms with Gasteiger partial charge in [0.05, 0.1) is 6.04 Å². The van der Waals surface area contributed by atoms with Crippen molar-refractivity contribution >= 4 is 11.3 Å². The number of hydrogen-bond donors (Lipinski definition) is 2. The standard InChI is InChI=1S/C15H18N2S/c1-10-4-2-6-12(8-10)15(17-16)14-9-11-5-3-7-13(11)18-14/h2,4,6,8-9,15,17H,3,5,7,16H2,1H3. The second-order valence-corrected chi connectivity index (χ2v) is 6.13. The summed E-state index contributed by atoms with van der Waals surface area (Å²) >= 11 is 1.91. The molecule has 0 amide bonds. The van der Waals surface area contributed by atoms with E-state index in [1.54, 1.807) is 4.88 Å². The van der Waals surface area contributed by atoms with Gasteiger partial charge >= 0.3 is 0 Å². The molecule has 1 aromatic heterocycles. The van der Waals surface area contributed by atoms with Crippen molar-refractivity contribution in [2.75, 3.05) is 0 Å². The van der Waals surface area contributed by atoms with Gasteiger partial charge in [-0.1, -0.05) is 29.8 Å². The van der Waals surface area contributed by atoms with Gasteiger partial charge in [-0.05, 0) is 43.4 Å². The lowest BCUT2D eigenvalue weighted by atomic mass is 10.0. The summed E-state index contributed by atoms with van der Waals surface area (Å²) in [4.78, 5) is 2.89. The third-order valence-corrected chi connectivity index (χ3v) is 4.89. The third-order valence-electron chi connectivity index (χ3n) is 3.59. The van der Waals surface area contributed by atoms with Crippen LogP contribution in [0.15, 0.2) is 30.3 Å². The highest BCUT2D eigenvalue weighted by Crippen LogP contribution is 2.35. The topological polar surface area (TPSA) is 38.0 Å². The predicted octanol–water partition coefficient (Wildman–Crippen LogP) is 3.10. The van der Waals surface area contributed by atoms with Crippen LogP contribution >= 0.6 is 11.3 Å². The van der Waals surface area contributed by atoms with Crippen LogP contribution in [0.1, 0.15) is 38.9 Å². The Kier molecular flexibility index (Phi) is 3.20. The maximum atomic E-state index is 5.76. The van der Waals surface area contributed by atoms with Crippen LogP contribution in [-0.2, 0) is 12.8 Å². The number of aryl methyl sites for hydroxylation is 3. The van der Waals surface area contributed by atoms with Gasteiger partial charge in [0.15, 0.2) is 0 Å². The largest absolute Gasteiger partial charge is 0.271 e. The van der Waals surface area contributed by atoms with Gasteiger partial charge in [0.1, 0.15) is 0 Å². The second kappa shape index (κ2) is 4.84. The van der Waals surface area contributed by atoms with E-state index >= 15 is 0 Å². The summed E-state index contributed by atoms with van der Waals surface area (Å²) in [5, 5.41) is 0. The van der Waals surface area contributed by atoms with Crippen molar-refractivity contribution in [3.05, 3.63) is 56.8 Å². The van der Waals surface area contributed by atoms with Gasteiger partial charge in [-0.15, -0.1) is 11.3 Å². The van der Waals surface area contributed by atoms with Crippen LogP contribution in [-0.4, -0.2) is 0 Å². The van der Waals surface area contributed by atoms with Gasteiger partial charge < -0.3 is 0 Å². The Balaban J connectivity index is 1.96. The first-order valence-electron chi connectivity index (χ1n) is 6.42. The number of hydrogen-bond acceptors (Lipinski definition) is 3. The number of nitrogens with one attached hydrogen (secondary N) is 1. The average molecular weight is 258 g/mol. The number of fused-ring (bicyclic) bond motifs is 1. The highest BCUT2D eigenvalue weighted by molar-refractivity contribution is 7.12. The smallest absolute Gasteiger partial charge is 0.0802 e. The molecule has 94 valence electrons. The van der Waals surface area contributed by atoms with Crippen molar-refractivity contribution in [2.45, 2.75) is 32.2 Å². The molecule has 0 saturated heterocycles. The van der Waals surface area contributed by atoms with E-state index in [0.717, 1.165) is 0 Å². The Hall–Kier alpha value is -1.16. The Labute approximate surface area is 112 Å². The van der Waals surface area contributed by atoms with E-state index < -0.39 is 0 Å². The summed E-state index contributed by atoms with van der Waals surface area (Å²) < 4.78 is 0. The number of hydrazine groups is 1. The zero-order valence-corrected chi connectivity index (χ0v) is 11.4. The third kappa shape index (κ3) is 2.09. The SMILES string of the molecule is Cc1cccc(C(NN)c2cc3c(s2)CCC3)c1. The molecule has 1 aromatic carbocycles. The van der Waals surface area contributed by atoms with Crippen LogP contribution in [0.5, 0.6) is 0 Å². The molecule has 3 rings (SSSR count). The molecule has 2 aromatic rings. The lowest BCUT2D eigenvalue weighted by molar-refractivity contribution is 0.645. The quantitative estimate of drug-likeness (QED) is 0.656. The molecule has 1 heterocycles. The van der Waals surface area contributed by atoms with Crippen LogP contribution in [0.4, 0.5) is 0 Å². The first-order valence-corrected chi connectivity index (χ1v) is 7.24. The average Bonchev–Trinajstić information content (AvgIpc) is 2.91. The number of nitrogens with two attached hydrogens (primary N) is 1. The second-order valence-electron chi connectivity index (χ2n) is 4.96. The molecule has 18 heavy (non-hydrogen) atoms. The van der Waals surface area contributed by atoms with E-state index in [0.29, 0.717) is 0 Å². The molecule has 3 heteroatoms. The molecule has 0 aliphatic heterocycles. The summed E-state index contributed by atoms with van der Waals surface area (Å²) in [7, 11) is 0. The Morgan fingerprint density at radius 2 is 2.17 bits per heavy atom. The van der Waals surface area contributed by atoms with Gasteiger partial charge in [-0.3, -0.25) is 5.84 Å². The fourth-order valence-corrected chi connectivity index (χ4v) is 4.03. The molecule has 3 N–H and O–H groups in total. The van der Waals surface area contributed by atoms with Crippen LogP contribution in [0.25, 0.3) is 0 Å². The van der Waals surface area contributed by atoms with Crippen molar-refractivity contribution in [1.29, 1.82) is 0 Å². The molecule has 0 spiro atoms. The maximum Gasteiger partial charge on any atom is 0.0802 e. The Bertz CT molecular complexity index is 538. The molecule has 0 radical (unpaired) electrons. The summed E-state index contributed by atoms with van der Waals surface area (Å²) in [6, 6.07) is 11.0. The van der Waals surface area contributed by atoms with E-state index in [9.17, 15) is 0 Å². The van der Waals surface area contributed by atoms with E-state index in [4.69, 9.17) is 5.84 Å². The summed E-state index contributed by atoms with van der Waals surface area (Å²) in [6.45, 7) is 2.12. The summed E-state index contributed by atoms with van der Waals surface area (Å²) in [5.41, 5.74) is 7.01. The van der Waals surface area contributed by atoms with Crippen molar-refractivity contribution in [2.24, 2.45) is 5.84 Å². The van der Waals surface area contributed by atoms with Gasteiger partial charge in [0, 0.05) is 9.75 Å². The first-order chi connectivity index (χ1) is 8.78. The van der Waals surface area contributed by atoms with E-state index in [1.165, 1.54) is 40.8 Å². The molecule has 1 unspecified atom stereocenters. The van der Waals surface area contributed by atoms with Crippen molar-refractivity contribution in [3.63, 3.8) is 0 Å². The predicted molar refractivity (Wildman–Crippen MR) is 76.7 cm³/mol. The molecule has 0 saturated carbocycles. The molecule has 1 aliphatic rings. The lowest BCUT2D eigenvalue weighted by Gasteiger charge is -2.15. The Morgan fingerprint density at radius 1 is 1.28 bits per heavy atom. The van der Waals surface area contributed by atoms with Gasteiger partial charge in [-0.2, -0.15) is 0 Å². The van der Waals surface area contributed by atoms with Gasteiger partial charge in [-0.25, -0.2) is 5.43 Å². The zero-order chi connectivity index (χ0) is 12.5. The molecule has 0 bridgehead atoms. The van der Waals surface area contributed by atoms with Crippen LogP contribution in [0.3, 0.4) is 0 Å². The normalized spacial score (nSPS) is 15.7. The maximum absolute atomic E-state index is 5.76. The van der Waals surface area contributed by atoms with Crippen molar-refractivity contribution < 1.29 is 0 Å². The van der Waals surface area contributed by atoms with Gasteiger partial charge in [0.25, 0.3) is 0 Å². The number of thiophene rings is 1. The molecule has 0 fully saturated rings. The molecular weight excluding hydrogens is 240 g/mol. The first kappa shape index (κ1) is 11.9. The number of benzene rings is 1. The fraction of sp³-hybridized carbons (Fsp3) is 0.333. The minimum absolute atomic E-state index is 0.125. The lowest BCUT2D eigenvalue weighted by Crippen LogP contribution is -2.28.